The number of hydrogen-bond acceptors (Lipinski definition) is 3. The number of aromatic nitrogens is 4. The molecule has 0 saturated heterocycles. The van der Waals surface area contributed by atoms with Crippen molar-refractivity contribution < 1.29 is 0 Å². The second kappa shape index (κ2) is 5.14. The minimum atomic E-state index is 0.831. The first kappa shape index (κ1) is 11.8. The summed E-state index contributed by atoms with van der Waals surface area (Å²) in [5.41, 5.74) is 3.26. The van der Waals surface area contributed by atoms with Crippen LogP contribution in [0.15, 0.2) is 36.7 Å². The van der Waals surface area contributed by atoms with Gasteiger partial charge in [-0.25, -0.2) is 4.98 Å². The quantitative estimate of drug-likeness (QED) is 0.689. The standard InChI is InChI=1S/C14H17N5/c1-11-9-16-19(10-11)8-4-7-15-14-17-12-5-2-3-6-13(12)18-14/h2-3,5-6,9-10H,4,7-8H2,1H3,(H2,15,17,18). The van der Waals surface area contributed by atoms with E-state index in [1.807, 2.05) is 35.1 Å². The first-order valence-corrected chi connectivity index (χ1v) is 6.49. The lowest BCUT2D eigenvalue weighted by Gasteiger charge is -2.03. The molecule has 0 spiro atoms. The van der Waals surface area contributed by atoms with Crippen molar-refractivity contribution in [2.75, 3.05) is 11.9 Å². The van der Waals surface area contributed by atoms with Gasteiger partial charge >= 0.3 is 0 Å². The molecule has 0 amide bonds. The molecule has 2 aromatic heterocycles. The molecule has 0 fully saturated rings. The Morgan fingerprint density at radius 3 is 3.00 bits per heavy atom. The van der Waals surface area contributed by atoms with Gasteiger partial charge in [0.25, 0.3) is 0 Å². The number of nitrogens with zero attached hydrogens (tertiary/aromatic N) is 3. The molecule has 3 rings (SSSR count). The van der Waals surface area contributed by atoms with Crippen molar-refractivity contribution in [1.29, 1.82) is 0 Å². The van der Waals surface area contributed by atoms with E-state index in [0.717, 1.165) is 36.5 Å². The fourth-order valence-electron chi connectivity index (χ4n) is 2.07. The molecule has 0 unspecified atom stereocenters. The first-order valence-electron chi connectivity index (χ1n) is 6.49. The van der Waals surface area contributed by atoms with Crippen LogP contribution in [0.5, 0.6) is 0 Å². The number of rotatable bonds is 5. The van der Waals surface area contributed by atoms with Gasteiger partial charge in [-0.3, -0.25) is 4.68 Å². The maximum absolute atomic E-state index is 4.47. The smallest absolute Gasteiger partial charge is 0.201 e. The van der Waals surface area contributed by atoms with E-state index < -0.39 is 0 Å². The van der Waals surface area contributed by atoms with Crippen LogP contribution in [0.1, 0.15) is 12.0 Å². The van der Waals surface area contributed by atoms with Gasteiger partial charge in [0.2, 0.25) is 5.95 Å². The van der Waals surface area contributed by atoms with E-state index in [1.165, 1.54) is 5.56 Å². The lowest BCUT2D eigenvalue weighted by atomic mass is 10.3. The molecule has 0 bridgehead atoms. The molecule has 1 aromatic carbocycles. The van der Waals surface area contributed by atoms with E-state index >= 15 is 0 Å². The number of aromatic amines is 1. The molecular weight excluding hydrogens is 238 g/mol. The Morgan fingerprint density at radius 1 is 1.32 bits per heavy atom. The first-order chi connectivity index (χ1) is 9.31. The summed E-state index contributed by atoms with van der Waals surface area (Å²) >= 11 is 0. The monoisotopic (exact) mass is 255 g/mol. The van der Waals surface area contributed by atoms with Crippen LogP contribution in [0.25, 0.3) is 11.0 Å². The predicted octanol–water partition coefficient (Wildman–Crippen LogP) is 2.57. The summed E-state index contributed by atoms with van der Waals surface area (Å²) in [7, 11) is 0. The van der Waals surface area contributed by atoms with E-state index in [2.05, 4.69) is 33.5 Å². The molecule has 2 heterocycles. The number of aryl methyl sites for hydroxylation is 2. The van der Waals surface area contributed by atoms with Crippen molar-refractivity contribution in [3.63, 3.8) is 0 Å². The molecule has 0 aliphatic rings. The number of hydrogen-bond donors (Lipinski definition) is 2. The Balaban J connectivity index is 1.52. The SMILES string of the molecule is Cc1cnn(CCCNc2nc3ccccc3[nH]2)c1. The molecule has 0 radical (unpaired) electrons. The molecule has 2 N–H and O–H groups in total. The van der Waals surface area contributed by atoms with Crippen molar-refractivity contribution in [1.82, 2.24) is 19.7 Å². The normalized spacial score (nSPS) is 11.0. The summed E-state index contributed by atoms with van der Waals surface area (Å²) in [5, 5.41) is 7.56. The molecule has 98 valence electrons. The van der Waals surface area contributed by atoms with Crippen molar-refractivity contribution >= 4 is 17.0 Å². The van der Waals surface area contributed by atoms with E-state index in [1.54, 1.807) is 0 Å². The summed E-state index contributed by atoms with van der Waals surface area (Å²) in [5.74, 6) is 0.831. The highest BCUT2D eigenvalue weighted by molar-refractivity contribution is 5.77. The van der Waals surface area contributed by atoms with Crippen molar-refractivity contribution in [2.45, 2.75) is 19.9 Å². The summed E-state index contributed by atoms with van der Waals surface area (Å²) < 4.78 is 1.97. The lowest BCUT2D eigenvalue weighted by molar-refractivity contribution is 0.591. The molecular formula is C14H17N5. The number of nitrogens with one attached hydrogen (secondary N) is 2. The minimum absolute atomic E-state index is 0.831. The van der Waals surface area contributed by atoms with E-state index in [0.29, 0.717) is 0 Å². The number of fused-ring (bicyclic) bond motifs is 1. The predicted molar refractivity (Wildman–Crippen MR) is 76.2 cm³/mol. The third kappa shape index (κ3) is 2.76. The van der Waals surface area contributed by atoms with Crippen LogP contribution < -0.4 is 5.32 Å². The Morgan fingerprint density at radius 2 is 2.21 bits per heavy atom. The third-order valence-corrected chi connectivity index (χ3v) is 3.01. The summed E-state index contributed by atoms with van der Waals surface area (Å²) in [6.45, 7) is 3.84. The Labute approximate surface area is 111 Å². The molecule has 0 aliphatic carbocycles. The van der Waals surface area contributed by atoms with Crippen LogP contribution >= 0.6 is 0 Å². The third-order valence-electron chi connectivity index (χ3n) is 3.01. The van der Waals surface area contributed by atoms with Crippen molar-refractivity contribution in [3.8, 4) is 0 Å². The molecule has 5 heteroatoms. The maximum atomic E-state index is 4.47. The Bertz CT molecular complexity index is 634. The Kier molecular flexibility index (Phi) is 3.18. The van der Waals surface area contributed by atoms with E-state index in [-0.39, 0.29) is 0 Å². The van der Waals surface area contributed by atoms with E-state index in [4.69, 9.17) is 0 Å². The highest BCUT2D eigenvalue weighted by atomic mass is 15.3. The number of anilines is 1. The highest BCUT2D eigenvalue weighted by Crippen LogP contribution is 2.13. The number of imidazole rings is 1. The average molecular weight is 255 g/mol. The average Bonchev–Trinajstić information content (AvgIpc) is 3.00. The molecule has 0 aliphatic heterocycles. The van der Waals surface area contributed by atoms with Crippen LogP contribution in [-0.4, -0.2) is 26.3 Å². The van der Waals surface area contributed by atoms with Gasteiger partial charge in [0, 0.05) is 19.3 Å². The Hall–Kier alpha value is -2.30. The molecule has 19 heavy (non-hydrogen) atoms. The van der Waals surface area contributed by atoms with Gasteiger partial charge in [-0.2, -0.15) is 5.10 Å². The number of para-hydroxylation sites is 2. The van der Waals surface area contributed by atoms with Gasteiger partial charge in [0.15, 0.2) is 0 Å². The number of benzene rings is 1. The van der Waals surface area contributed by atoms with Crippen LogP contribution in [0.2, 0.25) is 0 Å². The van der Waals surface area contributed by atoms with Gasteiger partial charge in [-0.15, -0.1) is 0 Å². The fourth-order valence-corrected chi connectivity index (χ4v) is 2.07. The van der Waals surface area contributed by atoms with Gasteiger partial charge in [0.1, 0.15) is 0 Å². The zero-order chi connectivity index (χ0) is 13.1. The summed E-state index contributed by atoms with van der Waals surface area (Å²) in [6.07, 6.45) is 4.95. The van der Waals surface area contributed by atoms with Crippen LogP contribution in [0, 0.1) is 6.92 Å². The molecule has 0 saturated carbocycles. The van der Waals surface area contributed by atoms with Gasteiger partial charge in [0.05, 0.1) is 17.2 Å². The van der Waals surface area contributed by atoms with Crippen LogP contribution in [0.3, 0.4) is 0 Å². The zero-order valence-corrected chi connectivity index (χ0v) is 10.9. The van der Waals surface area contributed by atoms with Crippen molar-refractivity contribution in [3.05, 3.63) is 42.2 Å². The van der Waals surface area contributed by atoms with Crippen LogP contribution in [-0.2, 0) is 6.54 Å². The molecule has 5 nitrogen and oxygen atoms in total. The van der Waals surface area contributed by atoms with E-state index in [9.17, 15) is 0 Å². The summed E-state index contributed by atoms with van der Waals surface area (Å²) in [6, 6.07) is 8.03. The maximum Gasteiger partial charge on any atom is 0.201 e. The van der Waals surface area contributed by atoms with Gasteiger partial charge < -0.3 is 10.3 Å². The zero-order valence-electron chi connectivity index (χ0n) is 10.9. The lowest BCUT2D eigenvalue weighted by Crippen LogP contribution is -2.07. The highest BCUT2D eigenvalue weighted by Gasteiger charge is 2.00. The van der Waals surface area contributed by atoms with Crippen molar-refractivity contribution in [2.24, 2.45) is 0 Å². The fraction of sp³-hybridized carbons (Fsp3) is 0.286. The molecule has 3 aromatic rings. The topological polar surface area (TPSA) is 58.5 Å². The number of H-pyrrole nitrogens is 1. The molecule has 0 atom stereocenters. The second-order valence-corrected chi connectivity index (χ2v) is 4.66. The summed E-state index contributed by atoms with van der Waals surface area (Å²) in [4.78, 5) is 7.73. The second-order valence-electron chi connectivity index (χ2n) is 4.66. The van der Waals surface area contributed by atoms with Crippen LogP contribution in [0.4, 0.5) is 5.95 Å². The largest absolute Gasteiger partial charge is 0.356 e. The minimum Gasteiger partial charge on any atom is -0.356 e. The van der Waals surface area contributed by atoms with Gasteiger partial charge in [-0.05, 0) is 31.0 Å². The van der Waals surface area contributed by atoms with Gasteiger partial charge in [-0.1, -0.05) is 12.1 Å².